The Morgan fingerprint density at radius 2 is 1.83 bits per heavy atom. The molecule has 2 heteroatoms. The summed E-state index contributed by atoms with van der Waals surface area (Å²) in [6.45, 7) is 5.15. The molecule has 0 aromatic heterocycles. The zero-order valence-electron chi connectivity index (χ0n) is 10.8. The maximum Gasteiger partial charge on any atom is 0.0455 e. The van der Waals surface area contributed by atoms with Crippen LogP contribution >= 0.6 is 11.6 Å². The van der Waals surface area contributed by atoms with Crippen LogP contribution in [0.25, 0.3) is 0 Å². The number of anilines is 1. The average Bonchev–Trinajstić information content (AvgIpc) is 2.38. The maximum absolute atomic E-state index is 6.13. The summed E-state index contributed by atoms with van der Waals surface area (Å²) < 4.78 is 0. The van der Waals surface area contributed by atoms with Crippen LogP contribution in [0.4, 0.5) is 5.69 Å². The van der Waals surface area contributed by atoms with Gasteiger partial charge in [-0.2, -0.15) is 0 Å². The zero-order chi connectivity index (χ0) is 13.0. The third-order valence-electron chi connectivity index (χ3n) is 2.99. The van der Waals surface area contributed by atoms with Gasteiger partial charge in [0.1, 0.15) is 0 Å². The van der Waals surface area contributed by atoms with Gasteiger partial charge in [-0.1, -0.05) is 55.8 Å². The van der Waals surface area contributed by atoms with Gasteiger partial charge >= 0.3 is 0 Å². The Bertz CT molecular complexity index is 520. The molecule has 0 bridgehead atoms. The van der Waals surface area contributed by atoms with Crippen molar-refractivity contribution in [3.63, 3.8) is 0 Å². The lowest BCUT2D eigenvalue weighted by molar-refractivity contribution is 0.866. The lowest BCUT2D eigenvalue weighted by atomic mass is 10.0. The van der Waals surface area contributed by atoms with Crippen LogP contribution in [0.5, 0.6) is 0 Å². The maximum atomic E-state index is 6.13. The van der Waals surface area contributed by atoms with Crippen LogP contribution in [0.3, 0.4) is 0 Å². The highest BCUT2D eigenvalue weighted by atomic mass is 35.5. The van der Waals surface area contributed by atoms with Gasteiger partial charge in [0.15, 0.2) is 0 Å². The standard InChI is InChI=1S/C16H18ClN/c1-12(2)13-7-5-8-15(10-13)18-11-14-6-3-4-9-16(14)17/h3-10,12,18H,11H2,1-2H3. The second-order valence-corrected chi connectivity index (χ2v) is 5.13. The first kappa shape index (κ1) is 13.0. The number of rotatable bonds is 4. The first-order valence-electron chi connectivity index (χ1n) is 6.24. The lowest BCUT2D eigenvalue weighted by Gasteiger charge is -2.11. The smallest absolute Gasteiger partial charge is 0.0455 e. The first-order valence-corrected chi connectivity index (χ1v) is 6.62. The van der Waals surface area contributed by atoms with E-state index in [-0.39, 0.29) is 0 Å². The van der Waals surface area contributed by atoms with Crippen molar-refractivity contribution >= 4 is 17.3 Å². The third-order valence-corrected chi connectivity index (χ3v) is 3.36. The van der Waals surface area contributed by atoms with Gasteiger partial charge in [-0.05, 0) is 35.2 Å². The van der Waals surface area contributed by atoms with Crippen molar-refractivity contribution < 1.29 is 0 Å². The number of hydrogen-bond acceptors (Lipinski definition) is 1. The van der Waals surface area contributed by atoms with E-state index in [9.17, 15) is 0 Å². The second kappa shape index (κ2) is 5.92. The van der Waals surface area contributed by atoms with Crippen LogP contribution < -0.4 is 5.32 Å². The molecule has 0 spiro atoms. The second-order valence-electron chi connectivity index (χ2n) is 4.73. The minimum Gasteiger partial charge on any atom is -0.381 e. The Hall–Kier alpha value is -1.47. The molecule has 0 aliphatic carbocycles. The summed E-state index contributed by atoms with van der Waals surface area (Å²) in [4.78, 5) is 0. The Morgan fingerprint density at radius 1 is 1.06 bits per heavy atom. The molecule has 0 fully saturated rings. The third kappa shape index (κ3) is 3.27. The predicted molar refractivity (Wildman–Crippen MR) is 79.3 cm³/mol. The molecule has 1 N–H and O–H groups in total. The fourth-order valence-corrected chi connectivity index (χ4v) is 2.05. The van der Waals surface area contributed by atoms with Crippen LogP contribution in [-0.4, -0.2) is 0 Å². The summed E-state index contributed by atoms with van der Waals surface area (Å²) in [6.07, 6.45) is 0. The van der Waals surface area contributed by atoms with E-state index in [2.05, 4.69) is 43.4 Å². The van der Waals surface area contributed by atoms with Crippen LogP contribution in [0.1, 0.15) is 30.9 Å². The number of halogens is 1. The minimum absolute atomic E-state index is 0.548. The molecular weight excluding hydrogens is 242 g/mol. The predicted octanol–water partition coefficient (Wildman–Crippen LogP) is 5.08. The van der Waals surface area contributed by atoms with Gasteiger partial charge < -0.3 is 5.32 Å². The molecule has 0 atom stereocenters. The Morgan fingerprint density at radius 3 is 2.56 bits per heavy atom. The lowest BCUT2D eigenvalue weighted by Crippen LogP contribution is -2.00. The number of benzene rings is 2. The van der Waals surface area contributed by atoms with Crippen LogP contribution in [0.2, 0.25) is 5.02 Å². The summed E-state index contributed by atoms with van der Waals surface area (Å²) in [5, 5.41) is 4.22. The van der Waals surface area contributed by atoms with Crippen molar-refractivity contribution in [2.24, 2.45) is 0 Å². The van der Waals surface area contributed by atoms with Gasteiger partial charge in [-0.3, -0.25) is 0 Å². The summed E-state index contributed by atoms with van der Waals surface area (Å²) in [5.74, 6) is 0.548. The fourth-order valence-electron chi connectivity index (χ4n) is 1.85. The summed E-state index contributed by atoms with van der Waals surface area (Å²) >= 11 is 6.13. The highest BCUT2D eigenvalue weighted by Gasteiger charge is 2.01. The van der Waals surface area contributed by atoms with Gasteiger partial charge in [0, 0.05) is 17.3 Å². The molecule has 2 aromatic carbocycles. The topological polar surface area (TPSA) is 12.0 Å². The fraction of sp³-hybridized carbons (Fsp3) is 0.250. The monoisotopic (exact) mass is 259 g/mol. The molecule has 0 saturated carbocycles. The van der Waals surface area contributed by atoms with Crippen molar-refractivity contribution in [1.29, 1.82) is 0 Å². The Labute approximate surface area is 114 Å². The quantitative estimate of drug-likeness (QED) is 0.808. The van der Waals surface area contributed by atoms with Gasteiger partial charge in [-0.15, -0.1) is 0 Å². The van der Waals surface area contributed by atoms with Crippen molar-refractivity contribution in [2.75, 3.05) is 5.32 Å². The van der Waals surface area contributed by atoms with Crippen molar-refractivity contribution in [1.82, 2.24) is 0 Å². The molecule has 1 nitrogen and oxygen atoms in total. The SMILES string of the molecule is CC(C)c1cccc(NCc2ccccc2Cl)c1. The molecule has 0 saturated heterocycles. The van der Waals surface area contributed by atoms with Crippen LogP contribution in [0, 0.1) is 0 Å². The summed E-state index contributed by atoms with van der Waals surface area (Å²) in [7, 11) is 0. The van der Waals surface area contributed by atoms with Crippen molar-refractivity contribution in [2.45, 2.75) is 26.3 Å². The normalized spacial score (nSPS) is 10.7. The van der Waals surface area contributed by atoms with E-state index in [4.69, 9.17) is 11.6 Å². The van der Waals surface area contributed by atoms with E-state index in [0.717, 1.165) is 22.8 Å². The summed E-state index contributed by atoms with van der Waals surface area (Å²) in [6, 6.07) is 16.4. The van der Waals surface area contributed by atoms with E-state index in [0.29, 0.717) is 5.92 Å². The molecular formula is C16H18ClN. The molecule has 0 aliphatic heterocycles. The van der Waals surface area contributed by atoms with Crippen LogP contribution in [0.15, 0.2) is 48.5 Å². The number of hydrogen-bond donors (Lipinski definition) is 1. The van der Waals surface area contributed by atoms with Crippen molar-refractivity contribution in [3.8, 4) is 0 Å². The molecule has 2 rings (SSSR count). The van der Waals surface area contributed by atoms with Gasteiger partial charge in [-0.25, -0.2) is 0 Å². The van der Waals surface area contributed by atoms with Crippen LogP contribution in [-0.2, 0) is 6.54 Å². The van der Waals surface area contributed by atoms with E-state index < -0.39 is 0 Å². The molecule has 94 valence electrons. The van der Waals surface area contributed by atoms with Gasteiger partial charge in [0.2, 0.25) is 0 Å². The average molecular weight is 260 g/mol. The van der Waals surface area contributed by atoms with Gasteiger partial charge in [0.05, 0.1) is 0 Å². The first-order chi connectivity index (χ1) is 8.66. The molecule has 0 amide bonds. The highest BCUT2D eigenvalue weighted by molar-refractivity contribution is 6.31. The van der Waals surface area contributed by atoms with E-state index in [1.54, 1.807) is 0 Å². The Kier molecular flexibility index (Phi) is 4.27. The highest BCUT2D eigenvalue weighted by Crippen LogP contribution is 2.20. The molecule has 0 radical (unpaired) electrons. The van der Waals surface area contributed by atoms with Gasteiger partial charge in [0.25, 0.3) is 0 Å². The van der Waals surface area contributed by atoms with E-state index in [1.165, 1.54) is 5.56 Å². The minimum atomic E-state index is 0.548. The molecule has 0 unspecified atom stereocenters. The zero-order valence-corrected chi connectivity index (χ0v) is 11.5. The van der Waals surface area contributed by atoms with Crippen molar-refractivity contribution in [3.05, 3.63) is 64.7 Å². The number of nitrogens with one attached hydrogen (secondary N) is 1. The molecule has 2 aromatic rings. The largest absolute Gasteiger partial charge is 0.381 e. The molecule has 0 aliphatic rings. The van der Waals surface area contributed by atoms with E-state index >= 15 is 0 Å². The summed E-state index contributed by atoms with van der Waals surface area (Å²) in [5.41, 5.74) is 3.61. The molecule has 18 heavy (non-hydrogen) atoms. The van der Waals surface area contributed by atoms with E-state index in [1.807, 2.05) is 24.3 Å². The Balaban J connectivity index is 2.07. The molecule has 0 heterocycles.